The molecule has 4 rings (SSSR count). The summed E-state index contributed by atoms with van der Waals surface area (Å²) in [4.78, 5) is 21.0. The molecule has 1 aliphatic heterocycles. The van der Waals surface area contributed by atoms with Gasteiger partial charge in [-0.05, 0) is 137 Å². The minimum absolute atomic E-state index is 0.00926. The van der Waals surface area contributed by atoms with Crippen LogP contribution < -0.4 is 22.3 Å². The third-order valence-corrected chi connectivity index (χ3v) is 13.6. The number of fused-ring (bicyclic) bond motifs is 1. The number of thioether (sulfide) groups is 1. The van der Waals surface area contributed by atoms with Crippen LogP contribution in [0.4, 0.5) is 0 Å². The Bertz CT molecular complexity index is 2100. The number of unbranched alkanes of at least 4 members (excludes halogenated alkanes) is 2. The highest BCUT2D eigenvalue weighted by atomic mass is 32.2. The topological polar surface area (TPSA) is 136 Å². The number of hydrogen-bond donors (Lipinski definition) is 4. The van der Waals surface area contributed by atoms with E-state index in [9.17, 15) is 4.79 Å². The molecule has 73 heavy (non-hydrogen) atoms. The minimum atomic E-state index is -0.208. The summed E-state index contributed by atoms with van der Waals surface area (Å²) in [6.07, 6.45) is 17.7. The van der Waals surface area contributed by atoms with Crippen molar-refractivity contribution in [2.75, 3.05) is 46.9 Å². The number of ether oxygens (including phenoxy) is 2. The van der Waals surface area contributed by atoms with Gasteiger partial charge in [-0.2, -0.15) is 0 Å². The Morgan fingerprint density at radius 3 is 2.12 bits per heavy atom. The van der Waals surface area contributed by atoms with E-state index in [1.807, 2.05) is 84.8 Å². The van der Waals surface area contributed by atoms with Crippen LogP contribution in [0.5, 0.6) is 0 Å². The zero-order valence-electron chi connectivity index (χ0n) is 48.8. The number of pyridine rings is 1. The number of aryl methyl sites for hydroxylation is 1. The number of piperazine rings is 1. The molecule has 3 unspecified atom stereocenters. The van der Waals surface area contributed by atoms with Crippen molar-refractivity contribution in [3.63, 3.8) is 0 Å². The fraction of sp³-hybridized carbons (Fsp3) is 0.541. The number of amides is 1. The Morgan fingerprint density at radius 1 is 0.973 bits per heavy atom. The van der Waals surface area contributed by atoms with Crippen molar-refractivity contribution in [2.24, 2.45) is 28.7 Å². The number of carbonyl (C=O) groups is 1. The maximum absolute atomic E-state index is 10.4. The lowest BCUT2D eigenvalue weighted by Gasteiger charge is -2.35. The number of nitrogens with one attached hydrogen (secondary N) is 2. The van der Waals surface area contributed by atoms with E-state index >= 15 is 0 Å². The molecule has 0 bridgehead atoms. The summed E-state index contributed by atoms with van der Waals surface area (Å²) in [6.45, 7) is 53.6. The fourth-order valence-corrected chi connectivity index (χ4v) is 8.57. The van der Waals surface area contributed by atoms with E-state index in [4.69, 9.17) is 20.2 Å². The first-order chi connectivity index (χ1) is 34.9. The number of allylic oxidation sites excluding steroid dienone is 4. The van der Waals surface area contributed by atoms with Gasteiger partial charge in [0.2, 0.25) is 5.91 Å². The van der Waals surface area contributed by atoms with Crippen molar-refractivity contribution < 1.29 is 14.3 Å². The summed E-state index contributed by atoms with van der Waals surface area (Å²) in [7, 11) is 3.25. The Hall–Kier alpha value is -5.01. The number of nitrogens with zero attached hydrogens (tertiary/aromatic N) is 4. The Morgan fingerprint density at radius 2 is 1.62 bits per heavy atom. The average molecular weight is 1030 g/mol. The van der Waals surface area contributed by atoms with E-state index in [1.165, 1.54) is 64.5 Å². The van der Waals surface area contributed by atoms with Gasteiger partial charge in [0, 0.05) is 91.8 Å². The third-order valence-electron chi connectivity index (χ3n) is 12.4. The summed E-state index contributed by atoms with van der Waals surface area (Å²) < 4.78 is 14.0. The molecule has 0 saturated carbocycles. The van der Waals surface area contributed by atoms with Gasteiger partial charge < -0.3 is 40.7 Å². The molecule has 6 N–H and O–H groups in total. The smallest absolute Gasteiger partial charge is 0.220 e. The van der Waals surface area contributed by atoms with Crippen molar-refractivity contribution in [1.29, 1.82) is 0 Å². The number of rotatable bonds is 26. The van der Waals surface area contributed by atoms with Crippen LogP contribution in [0.1, 0.15) is 152 Å². The number of nitrogens with two attached hydrogens (primary N) is 2. The highest BCUT2D eigenvalue weighted by molar-refractivity contribution is 8.06. The molecule has 0 aliphatic carbocycles. The van der Waals surface area contributed by atoms with Crippen LogP contribution in [0.3, 0.4) is 0 Å². The quantitative estimate of drug-likeness (QED) is 0.0266. The summed E-state index contributed by atoms with van der Waals surface area (Å²) in [6, 6.07) is 11.6. The van der Waals surface area contributed by atoms with Crippen molar-refractivity contribution in [3.8, 4) is 11.3 Å². The first-order valence-corrected chi connectivity index (χ1v) is 27.6. The molecule has 2 aromatic heterocycles. The second-order valence-corrected chi connectivity index (χ2v) is 19.4. The van der Waals surface area contributed by atoms with Gasteiger partial charge >= 0.3 is 0 Å². The van der Waals surface area contributed by atoms with Crippen LogP contribution in [0.25, 0.3) is 27.7 Å². The lowest BCUT2D eigenvalue weighted by Crippen LogP contribution is -2.42. The van der Waals surface area contributed by atoms with E-state index in [2.05, 4.69) is 148 Å². The predicted octanol–water partition coefficient (Wildman–Crippen LogP) is 14.6. The minimum Gasteiger partial charge on any atom is -0.501 e. The highest BCUT2D eigenvalue weighted by Crippen LogP contribution is 2.41. The number of hydrazine groups is 1. The van der Waals surface area contributed by atoms with Gasteiger partial charge in [0.1, 0.15) is 0 Å². The Labute approximate surface area is 450 Å². The van der Waals surface area contributed by atoms with Gasteiger partial charge in [0.25, 0.3) is 0 Å². The van der Waals surface area contributed by atoms with Crippen LogP contribution in [-0.4, -0.2) is 78.2 Å². The standard InChI is InChI=1S/C40H58N4O2S.C10H16N2.C6H13NO.2C2H6.CH5N/c1-11-33(20-17-15-16-19-30(6)43-42-12-2)47-27-29(5)32-22-23-37-35(25-32)36(26-40(8,9)28-46-14-4)39(44(37)13-3)34-21-18-24-41-38(34)31(7)45-10;1-4-10(3)12-8-6-11(5-2)7-9-12;1-4(2)5(3)6(7)8;3*1-2/h11-12,14,18,21-25,27,30-31,42-43H,2,4,13,15-17,19-20,26,28H2,1,3,5-10H3;4-5H,1-3,6-9H2;4-5H,1-3H3,(H2,7,8);2*1-2H3;2H2,1H3/b29-27+,33-11-;;;;;. The summed E-state index contributed by atoms with van der Waals surface area (Å²) in [5, 5.41) is 3.60. The SMILES string of the molecule is C=CC(=C)N1CCN(C=C)CC1.C=CNNC(C)CCCCC/C(=C/C)S/C=C(\C)c1ccc2c(c1)c(CC(C)(C)COC=C)c(-c1cccnc1C(C)OC)n2CC.CC.CC.CC(C)C(C)C(N)=O.CN. The molecule has 3 heterocycles. The maximum Gasteiger partial charge on any atom is 0.220 e. The first kappa shape index (κ1) is 70.1. The molecule has 3 atom stereocenters. The van der Waals surface area contributed by atoms with Gasteiger partial charge in [0.05, 0.1) is 30.4 Å². The Balaban J connectivity index is 0. The molecule has 0 radical (unpaired) electrons. The van der Waals surface area contributed by atoms with Crippen molar-refractivity contribution >= 4 is 34.1 Å². The van der Waals surface area contributed by atoms with Crippen molar-refractivity contribution in [3.05, 3.63) is 133 Å². The second kappa shape index (κ2) is 40.4. The molecule has 11 nitrogen and oxygen atoms in total. The fourth-order valence-electron chi connectivity index (χ4n) is 7.70. The lowest BCUT2D eigenvalue weighted by molar-refractivity contribution is -0.122. The molecule has 1 saturated heterocycles. The van der Waals surface area contributed by atoms with Gasteiger partial charge in [-0.1, -0.05) is 120 Å². The number of aromatic nitrogens is 2. The number of benzene rings is 1. The van der Waals surface area contributed by atoms with Crippen LogP contribution >= 0.6 is 11.8 Å². The Kier molecular flexibility index (Phi) is 38.8. The summed E-state index contributed by atoms with van der Waals surface area (Å²) in [5.74, 6) is 0.169. The zero-order valence-corrected chi connectivity index (χ0v) is 49.7. The van der Waals surface area contributed by atoms with Gasteiger partial charge in [-0.15, -0.1) is 11.8 Å². The normalized spacial score (nSPS) is 13.6. The molecule has 1 aliphatic rings. The molecule has 3 aromatic rings. The zero-order chi connectivity index (χ0) is 56.1. The van der Waals surface area contributed by atoms with Gasteiger partial charge in [-0.3, -0.25) is 9.78 Å². The second-order valence-electron chi connectivity index (χ2n) is 18.4. The first-order valence-electron chi connectivity index (χ1n) is 26.7. The molecule has 1 fully saturated rings. The summed E-state index contributed by atoms with van der Waals surface area (Å²) in [5.41, 5.74) is 25.0. The average Bonchev–Trinajstić information content (AvgIpc) is 3.72. The van der Waals surface area contributed by atoms with Crippen LogP contribution in [0.15, 0.2) is 116 Å². The van der Waals surface area contributed by atoms with E-state index in [0.29, 0.717) is 18.6 Å². The maximum atomic E-state index is 10.4. The molecule has 412 valence electrons. The molecule has 0 spiro atoms. The number of carbonyl (C=O) groups excluding carboxylic acids is 1. The summed E-state index contributed by atoms with van der Waals surface area (Å²) >= 11 is 1.86. The largest absolute Gasteiger partial charge is 0.501 e. The number of methoxy groups -OCH3 is 1. The third kappa shape index (κ3) is 25.2. The van der Waals surface area contributed by atoms with E-state index in [1.54, 1.807) is 19.6 Å². The van der Waals surface area contributed by atoms with Gasteiger partial charge in [-0.25, -0.2) is 5.43 Å². The van der Waals surface area contributed by atoms with E-state index < -0.39 is 0 Å². The van der Waals surface area contributed by atoms with Crippen LogP contribution in [0.2, 0.25) is 0 Å². The van der Waals surface area contributed by atoms with Gasteiger partial charge in [0.15, 0.2) is 0 Å². The lowest BCUT2D eigenvalue weighted by atomic mass is 9.84. The molecular formula is C61H104N8O3S. The molecule has 1 amide bonds. The van der Waals surface area contributed by atoms with Crippen molar-refractivity contribution in [1.82, 2.24) is 30.2 Å². The van der Waals surface area contributed by atoms with Crippen LogP contribution in [-0.2, 0) is 27.2 Å². The number of hydrogen-bond acceptors (Lipinski definition) is 10. The monoisotopic (exact) mass is 1030 g/mol. The van der Waals surface area contributed by atoms with Crippen LogP contribution in [0, 0.1) is 17.3 Å². The molecule has 1 aromatic carbocycles. The van der Waals surface area contributed by atoms with Crippen molar-refractivity contribution in [2.45, 2.75) is 154 Å². The number of primary amides is 1. The molecular weight excluding hydrogens is 925 g/mol. The van der Waals surface area contributed by atoms with E-state index in [0.717, 1.165) is 68.9 Å². The van der Waals surface area contributed by atoms with E-state index in [-0.39, 0.29) is 23.3 Å². The molecule has 12 heteroatoms. The predicted molar refractivity (Wildman–Crippen MR) is 323 cm³/mol. The highest BCUT2D eigenvalue weighted by Gasteiger charge is 2.28.